The Morgan fingerprint density at radius 3 is 2.38 bits per heavy atom. The summed E-state index contributed by atoms with van der Waals surface area (Å²) in [5.74, 6) is -0.917. The first-order valence-electron chi connectivity index (χ1n) is 9.84. The second-order valence-corrected chi connectivity index (χ2v) is 8.66. The van der Waals surface area contributed by atoms with Gasteiger partial charge < -0.3 is 10.2 Å². The molecular weight excluding hydrogens is 464 g/mol. The van der Waals surface area contributed by atoms with Crippen molar-refractivity contribution in [3.63, 3.8) is 0 Å². The van der Waals surface area contributed by atoms with Crippen molar-refractivity contribution in [1.82, 2.24) is 9.58 Å². The molecular formula is C22H20N4O7S. The van der Waals surface area contributed by atoms with E-state index in [-0.39, 0.29) is 41.1 Å². The molecule has 0 saturated carbocycles. The molecule has 1 aliphatic rings. The lowest BCUT2D eigenvalue weighted by Crippen LogP contribution is -2.25. The van der Waals surface area contributed by atoms with Gasteiger partial charge in [-0.05, 0) is 55.8 Å². The second kappa shape index (κ2) is 9.44. The monoisotopic (exact) mass is 484 g/mol. The number of hydrazone groups is 1. The maximum atomic E-state index is 12.8. The number of allylic oxidation sites excluding steroid dienone is 2. The molecule has 1 aromatic heterocycles. The molecule has 0 atom stereocenters. The molecule has 0 unspecified atom stereocenters. The van der Waals surface area contributed by atoms with Gasteiger partial charge in [0, 0.05) is 5.56 Å². The van der Waals surface area contributed by atoms with Crippen LogP contribution >= 0.6 is 0 Å². The number of hydrogen-bond acceptors (Lipinski definition) is 8. The van der Waals surface area contributed by atoms with Gasteiger partial charge in [0.25, 0.3) is 21.6 Å². The highest BCUT2D eigenvalue weighted by Gasteiger charge is 2.26. The SMILES string of the molecule is CC1=NN(CCO)C(=O)/C1=C\C=C\c1c(C)c(C#N)c(=O)n(-c2ccc(S(=O)(=O)O)cc2)c1O. The molecule has 0 saturated heterocycles. The van der Waals surface area contributed by atoms with Gasteiger partial charge in [-0.1, -0.05) is 6.08 Å². The standard InChI is InChI=1S/C22H20N4O7S/c1-13-17(4-3-5-18-14(2)24-25(10-11-27)20(18)28)21(29)26(22(30)19(13)12-23)15-6-8-16(9-7-15)34(31,32)33/h3-9,27,29H,10-11H2,1-2H3,(H,31,32,33)/b4-3+,18-5-. The first kappa shape index (κ1) is 24.6. The van der Waals surface area contributed by atoms with Crippen molar-refractivity contribution in [2.45, 2.75) is 18.7 Å². The topological polar surface area (TPSA) is 173 Å². The third kappa shape index (κ3) is 4.53. The Morgan fingerprint density at radius 2 is 1.82 bits per heavy atom. The summed E-state index contributed by atoms with van der Waals surface area (Å²) in [5.41, 5.74) is 0.0405. The molecule has 0 aliphatic carbocycles. The summed E-state index contributed by atoms with van der Waals surface area (Å²) >= 11 is 0. The van der Waals surface area contributed by atoms with Gasteiger partial charge in [-0.3, -0.25) is 14.1 Å². The van der Waals surface area contributed by atoms with Crippen molar-refractivity contribution in [3.8, 4) is 17.6 Å². The normalized spacial score (nSPS) is 15.3. The number of aromatic nitrogens is 1. The lowest BCUT2D eigenvalue weighted by atomic mass is 10.0. The zero-order chi connectivity index (χ0) is 25.2. The van der Waals surface area contributed by atoms with E-state index in [1.54, 1.807) is 6.92 Å². The predicted molar refractivity (Wildman–Crippen MR) is 122 cm³/mol. The lowest BCUT2D eigenvalue weighted by Gasteiger charge is -2.14. The van der Waals surface area contributed by atoms with Crippen LogP contribution in [0.2, 0.25) is 0 Å². The molecule has 12 heteroatoms. The van der Waals surface area contributed by atoms with Crippen LogP contribution in [0.1, 0.15) is 23.6 Å². The number of carbonyl (C=O) groups is 1. The number of hydrogen-bond donors (Lipinski definition) is 3. The Morgan fingerprint density at radius 1 is 1.18 bits per heavy atom. The van der Waals surface area contributed by atoms with E-state index in [9.17, 15) is 28.4 Å². The van der Waals surface area contributed by atoms with Crippen LogP contribution in [-0.2, 0) is 14.9 Å². The van der Waals surface area contributed by atoms with Crippen LogP contribution in [-0.4, -0.2) is 57.5 Å². The Kier molecular flexibility index (Phi) is 6.83. The van der Waals surface area contributed by atoms with E-state index in [4.69, 9.17) is 9.66 Å². The summed E-state index contributed by atoms with van der Waals surface area (Å²) in [6.07, 6.45) is 4.32. The molecule has 1 aliphatic heterocycles. The van der Waals surface area contributed by atoms with Gasteiger partial charge in [0.05, 0.1) is 35.0 Å². The molecule has 0 radical (unpaired) electrons. The molecule has 3 rings (SSSR count). The minimum Gasteiger partial charge on any atom is -0.494 e. The first-order chi connectivity index (χ1) is 16.0. The maximum absolute atomic E-state index is 12.8. The summed E-state index contributed by atoms with van der Waals surface area (Å²) in [5, 5.41) is 34.6. The van der Waals surface area contributed by atoms with Crippen LogP contribution in [0, 0.1) is 18.3 Å². The highest BCUT2D eigenvalue weighted by atomic mass is 32.2. The van der Waals surface area contributed by atoms with Crippen LogP contribution in [0.15, 0.2) is 56.8 Å². The lowest BCUT2D eigenvalue weighted by molar-refractivity contribution is -0.126. The average molecular weight is 484 g/mol. The molecule has 11 nitrogen and oxygen atoms in total. The van der Waals surface area contributed by atoms with Crippen LogP contribution in [0.5, 0.6) is 5.88 Å². The first-order valence-corrected chi connectivity index (χ1v) is 11.3. The summed E-state index contributed by atoms with van der Waals surface area (Å²) in [6, 6.07) is 6.30. The van der Waals surface area contributed by atoms with Crippen LogP contribution < -0.4 is 5.56 Å². The molecule has 1 aromatic carbocycles. The van der Waals surface area contributed by atoms with Crippen molar-refractivity contribution in [2.75, 3.05) is 13.2 Å². The molecule has 3 N–H and O–H groups in total. The molecule has 176 valence electrons. The van der Waals surface area contributed by atoms with E-state index in [0.717, 1.165) is 21.7 Å². The van der Waals surface area contributed by atoms with Gasteiger partial charge >= 0.3 is 0 Å². The molecule has 2 aromatic rings. The highest BCUT2D eigenvalue weighted by molar-refractivity contribution is 7.85. The van der Waals surface area contributed by atoms with Crippen LogP contribution in [0.4, 0.5) is 0 Å². The predicted octanol–water partition coefficient (Wildman–Crippen LogP) is 1.12. The van der Waals surface area contributed by atoms with Gasteiger partial charge in [-0.2, -0.15) is 18.8 Å². The number of benzene rings is 1. The second-order valence-electron chi connectivity index (χ2n) is 7.24. The number of nitriles is 1. The number of nitrogens with zero attached hydrogens (tertiary/aromatic N) is 4. The summed E-state index contributed by atoms with van der Waals surface area (Å²) in [6.45, 7) is 2.91. The van der Waals surface area contributed by atoms with Crippen molar-refractivity contribution >= 4 is 27.8 Å². The fourth-order valence-corrected chi connectivity index (χ4v) is 3.86. The number of amides is 1. The van der Waals surface area contributed by atoms with E-state index >= 15 is 0 Å². The number of aromatic hydroxyl groups is 1. The number of aliphatic hydroxyl groups excluding tert-OH is 1. The van der Waals surface area contributed by atoms with Gasteiger partial charge in [0.15, 0.2) is 0 Å². The Labute approximate surface area is 194 Å². The maximum Gasteiger partial charge on any atom is 0.294 e. The molecule has 2 heterocycles. The summed E-state index contributed by atoms with van der Waals surface area (Å²) in [4.78, 5) is 24.8. The molecule has 0 spiro atoms. The summed E-state index contributed by atoms with van der Waals surface area (Å²) in [7, 11) is -4.46. The van der Waals surface area contributed by atoms with Gasteiger partial charge in [-0.25, -0.2) is 9.58 Å². The Hall–Kier alpha value is -4.05. The van der Waals surface area contributed by atoms with E-state index in [1.165, 1.54) is 37.3 Å². The van der Waals surface area contributed by atoms with E-state index in [2.05, 4.69) is 5.10 Å². The Bertz CT molecular complexity index is 1460. The number of aliphatic hydroxyl groups is 1. The number of rotatable bonds is 6. The molecule has 0 fully saturated rings. The fraction of sp³-hybridized carbons (Fsp3) is 0.182. The fourth-order valence-electron chi connectivity index (χ4n) is 3.38. The molecule has 34 heavy (non-hydrogen) atoms. The van der Waals surface area contributed by atoms with Crippen molar-refractivity contribution < 1.29 is 28.0 Å². The van der Waals surface area contributed by atoms with E-state index in [1.807, 2.05) is 6.07 Å². The quantitative estimate of drug-likeness (QED) is 0.404. The average Bonchev–Trinajstić information content (AvgIpc) is 3.03. The van der Waals surface area contributed by atoms with E-state index < -0.39 is 32.4 Å². The van der Waals surface area contributed by atoms with Crippen molar-refractivity contribution in [3.05, 3.63) is 69.0 Å². The summed E-state index contributed by atoms with van der Waals surface area (Å²) < 4.78 is 32.5. The van der Waals surface area contributed by atoms with Crippen molar-refractivity contribution in [2.24, 2.45) is 5.10 Å². The third-order valence-electron chi connectivity index (χ3n) is 5.12. The molecule has 0 bridgehead atoms. The number of β-amino-alcohol motifs (C(OH)–C–C–N with tert-alkyl or cyclic N) is 1. The third-order valence-corrected chi connectivity index (χ3v) is 5.98. The minimum atomic E-state index is -4.46. The van der Waals surface area contributed by atoms with Crippen molar-refractivity contribution in [1.29, 1.82) is 5.26 Å². The van der Waals surface area contributed by atoms with E-state index in [0.29, 0.717) is 5.71 Å². The van der Waals surface area contributed by atoms with Crippen LogP contribution in [0.3, 0.4) is 0 Å². The number of carbonyl (C=O) groups excluding carboxylic acids is 1. The zero-order valence-electron chi connectivity index (χ0n) is 18.1. The Balaban J connectivity index is 2.10. The zero-order valence-corrected chi connectivity index (χ0v) is 18.9. The minimum absolute atomic E-state index is 0.0456. The smallest absolute Gasteiger partial charge is 0.294 e. The highest BCUT2D eigenvalue weighted by Crippen LogP contribution is 2.27. The van der Waals surface area contributed by atoms with Gasteiger partial charge in [-0.15, -0.1) is 0 Å². The molecule has 1 amide bonds. The largest absolute Gasteiger partial charge is 0.494 e. The van der Waals surface area contributed by atoms with Gasteiger partial charge in [0.2, 0.25) is 5.88 Å². The van der Waals surface area contributed by atoms with Gasteiger partial charge in [0.1, 0.15) is 11.6 Å². The van der Waals surface area contributed by atoms with Crippen LogP contribution in [0.25, 0.3) is 11.8 Å². The number of pyridine rings is 1.